The Morgan fingerprint density at radius 3 is 2.16 bits per heavy atom. The summed E-state index contributed by atoms with van der Waals surface area (Å²) in [4.78, 5) is 10.8. The molecule has 4 nitrogen and oxygen atoms in total. The number of carboxylic acids is 1. The van der Waals surface area contributed by atoms with Gasteiger partial charge in [-0.05, 0) is 39.3 Å². The smallest absolute Gasteiger partial charge is 0.330 e. The Morgan fingerprint density at radius 2 is 1.74 bits per heavy atom. The van der Waals surface area contributed by atoms with E-state index in [9.17, 15) is 4.79 Å². The first-order chi connectivity index (χ1) is 9.10. The average Bonchev–Trinajstić information content (AvgIpc) is 2.38. The minimum Gasteiger partial charge on any atom is -0.493 e. The molecular formula is C15H20O4. The van der Waals surface area contributed by atoms with E-state index in [1.807, 2.05) is 32.0 Å². The van der Waals surface area contributed by atoms with Gasteiger partial charge >= 0.3 is 5.97 Å². The van der Waals surface area contributed by atoms with Crippen LogP contribution in [0.25, 0.3) is 0 Å². The molecule has 0 aromatic heterocycles. The highest BCUT2D eigenvalue weighted by atomic mass is 16.5. The maximum absolute atomic E-state index is 10.8. The van der Waals surface area contributed by atoms with Gasteiger partial charge in [-0.1, -0.05) is 12.1 Å². The Bertz CT molecular complexity index is 439. The second-order valence-corrected chi connectivity index (χ2v) is 4.00. The van der Waals surface area contributed by atoms with Gasteiger partial charge in [0, 0.05) is 11.1 Å². The minimum atomic E-state index is -0.910. The van der Waals surface area contributed by atoms with Crippen LogP contribution in [0.3, 0.4) is 0 Å². The van der Waals surface area contributed by atoms with Crippen LogP contribution in [-0.2, 0) is 11.2 Å². The molecule has 1 N–H and O–H groups in total. The van der Waals surface area contributed by atoms with Gasteiger partial charge < -0.3 is 14.6 Å². The highest BCUT2D eigenvalue weighted by Crippen LogP contribution is 2.29. The summed E-state index contributed by atoms with van der Waals surface area (Å²) in [5.74, 6) is 0.567. The molecule has 0 amide bonds. The lowest BCUT2D eigenvalue weighted by Crippen LogP contribution is -2.02. The highest BCUT2D eigenvalue weighted by molar-refractivity contribution is 5.85. The first kappa shape index (κ1) is 15.1. The summed E-state index contributed by atoms with van der Waals surface area (Å²) in [5, 5.41) is 8.87. The predicted octanol–water partition coefficient (Wildman–Crippen LogP) is 3.06. The van der Waals surface area contributed by atoms with E-state index in [1.54, 1.807) is 13.0 Å². The summed E-state index contributed by atoms with van der Waals surface area (Å²) in [6.07, 6.45) is 2.15. The zero-order valence-corrected chi connectivity index (χ0v) is 11.6. The van der Waals surface area contributed by atoms with Crippen molar-refractivity contribution in [3.63, 3.8) is 0 Å². The van der Waals surface area contributed by atoms with Crippen LogP contribution in [0.15, 0.2) is 29.8 Å². The standard InChI is InChI=1S/C15H20O4/c1-4-18-13-7-6-8-14(19-5-2)12(13)10-9-11(3)15(16)17/h6-9H,4-5,10H2,1-3H3,(H,16,17)/b11-9+. The Balaban J connectivity index is 3.06. The van der Waals surface area contributed by atoms with Gasteiger partial charge in [0.2, 0.25) is 0 Å². The molecule has 104 valence electrons. The molecule has 0 fully saturated rings. The van der Waals surface area contributed by atoms with Crippen LogP contribution in [0, 0.1) is 0 Å². The Labute approximate surface area is 113 Å². The predicted molar refractivity (Wildman–Crippen MR) is 73.9 cm³/mol. The van der Waals surface area contributed by atoms with E-state index in [0.29, 0.717) is 25.2 Å². The number of aliphatic carboxylic acids is 1. The molecule has 1 aromatic carbocycles. The third-order valence-corrected chi connectivity index (χ3v) is 2.64. The Kier molecular flexibility index (Phi) is 5.93. The number of carboxylic acid groups (broad SMARTS) is 1. The van der Waals surface area contributed by atoms with Crippen molar-refractivity contribution in [3.05, 3.63) is 35.4 Å². The molecule has 0 bridgehead atoms. The number of allylic oxidation sites excluding steroid dienone is 1. The van der Waals surface area contributed by atoms with Crippen molar-refractivity contribution in [1.82, 2.24) is 0 Å². The SMILES string of the molecule is CCOc1cccc(OCC)c1C/C=C(\C)C(=O)O. The van der Waals surface area contributed by atoms with Crippen molar-refractivity contribution in [2.75, 3.05) is 13.2 Å². The summed E-state index contributed by atoms with van der Waals surface area (Å²) in [6, 6.07) is 5.60. The van der Waals surface area contributed by atoms with Crippen LogP contribution < -0.4 is 9.47 Å². The van der Waals surface area contributed by atoms with Crippen molar-refractivity contribution in [2.24, 2.45) is 0 Å². The average molecular weight is 264 g/mol. The van der Waals surface area contributed by atoms with Gasteiger partial charge in [0.15, 0.2) is 0 Å². The fourth-order valence-electron chi connectivity index (χ4n) is 1.67. The lowest BCUT2D eigenvalue weighted by Gasteiger charge is -2.14. The molecule has 0 heterocycles. The number of hydrogen-bond acceptors (Lipinski definition) is 3. The molecule has 0 unspecified atom stereocenters. The van der Waals surface area contributed by atoms with Gasteiger partial charge in [-0.2, -0.15) is 0 Å². The molecule has 1 rings (SSSR count). The van der Waals surface area contributed by atoms with Crippen LogP contribution in [0.5, 0.6) is 11.5 Å². The molecule has 0 saturated carbocycles. The maximum atomic E-state index is 10.8. The highest BCUT2D eigenvalue weighted by Gasteiger charge is 2.10. The van der Waals surface area contributed by atoms with Gasteiger partial charge in [-0.25, -0.2) is 4.79 Å². The topological polar surface area (TPSA) is 55.8 Å². The second kappa shape index (κ2) is 7.46. The van der Waals surface area contributed by atoms with Crippen LogP contribution >= 0.6 is 0 Å². The first-order valence-corrected chi connectivity index (χ1v) is 6.37. The van der Waals surface area contributed by atoms with Crippen molar-refractivity contribution in [1.29, 1.82) is 0 Å². The van der Waals surface area contributed by atoms with E-state index < -0.39 is 5.97 Å². The van der Waals surface area contributed by atoms with Crippen LogP contribution in [-0.4, -0.2) is 24.3 Å². The molecule has 0 radical (unpaired) electrons. The van der Waals surface area contributed by atoms with Gasteiger partial charge in [0.1, 0.15) is 11.5 Å². The van der Waals surface area contributed by atoms with Crippen molar-refractivity contribution in [2.45, 2.75) is 27.2 Å². The summed E-state index contributed by atoms with van der Waals surface area (Å²) in [5.41, 5.74) is 1.19. The van der Waals surface area contributed by atoms with Gasteiger partial charge in [-0.15, -0.1) is 0 Å². The zero-order chi connectivity index (χ0) is 14.3. The molecule has 0 spiro atoms. The number of ether oxygens (including phenoxy) is 2. The van der Waals surface area contributed by atoms with E-state index in [-0.39, 0.29) is 0 Å². The summed E-state index contributed by atoms with van der Waals surface area (Å²) >= 11 is 0. The molecule has 0 atom stereocenters. The number of rotatable bonds is 7. The Morgan fingerprint density at radius 1 is 1.21 bits per heavy atom. The largest absolute Gasteiger partial charge is 0.493 e. The van der Waals surface area contributed by atoms with Crippen LogP contribution in [0.1, 0.15) is 26.3 Å². The van der Waals surface area contributed by atoms with E-state index in [4.69, 9.17) is 14.6 Å². The summed E-state index contributed by atoms with van der Waals surface area (Å²) in [6.45, 7) is 6.52. The normalized spacial score (nSPS) is 11.2. The van der Waals surface area contributed by atoms with Crippen molar-refractivity contribution < 1.29 is 19.4 Å². The monoisotopic (exact) mass is 264 g/mol. The zero-order valence-electron chi connectivity index (χ0n) is 11.6. The molecule has 0 aliphatic heterocycles. The van der Waals surface area contributed by atoms with E-state index >= 15 is 0 Å². The number of hydrogen-bond donors (Lipinski definition) is 1. The molecule has 0 saturated heterocycles. The molecule has 4 heteroatoms. The molecular weight excluding hydrogens is 244 g/mol. The first-order valence-electron chi connectivity index (χ1n) is 6.37. The Hall–Kier alpha value is -1.97. The number of carbonyl (C=O) groups is 1. The van der Waals surface area contributed by atoms with Gasteiger partial charge in [-0.3, -0.25) is 0 Å². The van der Waals surface area contributed by atoms with E-state index in [1.165, 1.54) is 0 Å². The summed E-state index contributed by atoms with van der Waals surface area (Å²) < 4.78 is 11.1. The van der Waals surface area contributed by atoms with Gasteiger partial charge in [0.05, 0.1) is 13.2 Å². The quantitative estimate of drug-likeness (QED) is 0.769. The third-order valence-electron chi connectivity index (χ3n) is 2.64. The maximum Gasteiger partial charge on any atom is 0.330 e. The fraction of sp³-hybridized carbons (Fsp3) is 0.400. The lowest BCUT2D eigenvalue weighted by molar-refractivity contribution is -0.132. The third kappa shape index (κ3) is 4.32. The fourth-order valence-corrected chi connectivity index (χ4v) is 1.67. The molecule has 19 heavy (non-hydrogen) atoms. The van der Waals surface area contributed by atoms with Crippen LogP contribution in [0.2, 0.25) is 0 Å². The summed E-state index contributed by atoms with van der Waals surface area (Å²) in [7, 11) is 0. The molecule has 0 aliphatic rings. The van der Waals surface area contributed by atoms with E-state index in [2.05, 4.69) is 0 Å². The van der Waals surface area contributed by atoms with Crippen molar-refractivity contribution in [3.8, 4) is 11.5 Å². The second-order valence-electron chi connectivity index (χ2n) is 4.00. The molecule has 0 aliphatic carbocycles. The number of benzene rings is 1. The minimum absolute atomic E-state index is 0.314. The van der Waals surface area contributed by atoms with Gasteiger partial charge in [0.25, 0.3) is 0 Å². The molecule has 1 aromatic rings. The lowest BCUT2D eigenvalue weighted by atomic mass is 10.1. The van der Waals surface area contributed by atoms with Crippen LogP contribution in [0.4, 0.5) is 0 Å². The van der Waals surface area contributed by atoms with E-state index in [0.717, 1.165) is 17.1 Å². The van der Waals surface area contributed by atoms with Crippen molar-refractivity contribution >= 4 is 5.97 Å².